The molecule has 0 spiro atoms. The molecule has 0 aliphatic carbocycles. The first-order chi connectivity index (χ1) is 1.91. The summed E-state index contributed by atoms with van der Waals surface area (Å²) in [7, 11) is 1.58. The van der Waals surface area contributed by atoms with Gasteiger partial charge in [0.15, 0.2) is 0 Å². The fourth-order valence-electron chi connectivity index (χ4n) is 0. The van der Waals surface area contributed by atoms with Crippen LogP contribution in [0, 0.1) is 0 Å². The van der Waals surface area contributed by atoms with Crippen molar-refractivity contribution in [3.63, 3.8) is 0 Å². The molecule has 0 aromatic carbocycles. The second-order valence-corrected chi connectivity index (χ2v) is 3.16. The Morgan fingerprint density at radius 2 is 2.25 bits per heavy atom. The van der Waals surface area contributed by atoms with E-state index >= 15 is 0 Å². The van der Waals surface area contributed by atoms with Gasteiger partial charge in [0.2, 0.25) is 0 Å². The van der Waals surface area contributed by atoms with Gasteiger partial charge in [-0.05, 0) is 0 Å². The summed E-state index contributed by atoms with van der Waals surface area (Å²) >= 11 is 6.48. The fourth-order valence-corrected chi connectivity index (χ4v) is 0. The van der Waals surface area contributed by atoms with Gasteiger partial charge in [0.05, 0.1) is 0 Å². The minimum absolute atomic E-state index is 1.44. The van der Waals surface area contributed by atoms with Crippen LogP contribution in [0.5, 0.6) is 0 Å². The third kappa shape index (κ3) is 3.07. The molecule has 0 bridgehead atoms. The standard InChI is InChI=1S/CHClS.W/c2-1-3;/h1H;. The summed E-state index contributed by atoms with van der Waals surface area (Å²) in [5.41, 5.74) is 0. The van der Waals surface area contributed by atoms with Crippen LogP contribution in [0.4, 0.5) is 0 Å². The first-order valence-electron chi connectivity index (χ1n) is 0.621. The Morgan fingerprint density at radius 1 is 2.00 bits per heavy atom. The molecule has 24 valence electrons. The molecule has 0 aromatic rings. The van der Waals surface area contributed by atoms with Crippen molar-refractivity contribution in [1.29, 1.82) is 0 Å². The zero-order valence-electron chi connectivity index (χ0n) is 1.77. The monoisotopic (exact) mass is 264 g/mol. The molecule has 0 rings (SSSR count). The number of halogens is 1. The molecule has 0 aromatic heterocycles. The fraction of sp³-hybridized carbons (Fsp3) is 0. The van der Waals surface area contributed by atoms with E-state index in [9.17, 15) is 0 Å². The van der Waals surface area contributed by atoms with E-state index in [1.165, 1.54) is 18.0 Å². The summed E-state index contributed by atoms with van der Waals surface area (Å²) in [4.78, 5) is 1.55. The molecule has 0 aliphatic heterocycles. The number of hydrogen-bond acceptors (Lipinski definition) is 0. The third-order valence-corrected chi connectivity index (χ3v) is 2.68. The van der Waals surface area contributed by atoms with Crippen LogP contribution < -0.4 is 0 Å². The second kappa shape index (κ2) is 4.07. The van der Waals surface area contributed by atoms with Gasteiger partial charge in [-0.3, -0.25) is 0 Å². The predicted molar refractivity (Wildman–Crippen MR) is 19.5 cm³/mol. The Hall–Kier alpha value is 1.07. The summed E-state index contributed by atoms with van der Waals surface area (Å²) in [6.07, 6.45) is 0. The van der Waals surface area contributed by atoms with Crippen molar-refractivity contribution >= 4 is 25.0 Å². The van der Waals surface area contributed by atoms with E-state index in [4.69, 9.17) is 11.6 Å². The Bertz CT molecular complexity index is 46.0. The molecule has 0 radical (unpaired) electrons. The molecular formula is CHClSW. The Labute approximate surface area is 43.0 Å². The summed E-state index contributed by atoms with van der Waals surface area (Å²) in [6.45, 7) is 0. The van der Waals surface area contributed by atoms with Crippen LogP contribution in [0.2, 0.25) is 0 Å². The van der Waals surface area contributed by atoms with Crippen LogP contribution in [0.15, 0.2) is 0 Å². The van der Waals surface area contributed by atoms with Crippen LogP contribution in [0.3, 0.4) is 0 Å². The second-order valence-electron chi connectivity index (χ2n) is 0.185. The molecule has 0 amide bonds. The van der Waals surface area contributed by atoms with Crippen LogP contribution in [-0.4, -0.2) is 4.83 Å². The van der Waals surface area contributed by atoms with Crippen molar-refractivity contribution in [2.24, 2.45) is 0 Å². The van der Waals surface area contributed by atoms with Gasteiger partial charge in [-0.15, -0.1) is 0 Å². The van der Waals surface area contributed by atoms with Crippen molar-refractivity contribution in [3.05, 3.63) is 0 Å². The van der Waals surface area contributed by atoms with Gasteiger partial charge in [-0.2, -0.15) is 0 Å². The molecule has 0 saturated carbocycles. The van der Waals surface area contributed by atoms with E-state index in [0.717, 1.165) is 0 Å². The van der Waals surface area contributed by atoms with Crippen LogP contribution >= 0.6 is 20.1 Å². The molecule has 0 aliphatic rings. The molecule has 3 heteroatoms. The third-order valence-electron chi connectivity index (χ3n) is 0.0364. The van der Waals surface area contributed by atoms with Crippen molar-refractivity contribution in [3.8, 4) is 0 Å². The van der Waals surface area contributed by atoms with E-state index in [0.29, 0.717) is 0 Å². The van der Waals surface area contributed by atoms with Crippen molar-refractivity contribution in [2.45, 2.75) is 0 Å². The van der Waals surface area contributed by atoms with Gasteiger partial charge >= 0.3 is 43.0 Å². The average molecular weight is 264 g/mol. The van der Waals surface area contributed by atoms with Gasteiger partial charge in [-0.25, -0.2) is 0 Å². The van der Waals surface area contributed by atoms with Crippen molar-refractivity contribution in [1.82, 2.24) is 0 Å². The maximum absolute atomic E-state index is 5.04. The van der Waals surface area contributed by atoms with Crippen LogP contribution in [0.1, 0.15) is 0 Å². The van der Waals surface area contributed by atoms with E-state index in [1.807, 2.05) is 0 Å². The van der Waals surface area contributed by atoms with Crippen molar-refractivity contribution < 1.29 is 18.0 Å². The number of hydrogen-bond donors (Lipinski definition) is 0. The molecule has 0 nitrogen and oxygen atoms in total. The Morgan fingerprint density at radius 3 is 2.25 bits per heavy atom. The SMILES string of the molecule is ClC=[S]=[W]. The summed E-state index contributed by atoms with van der Waals surface area (Å²) < 4.78 is 0. The molecule has 0 atom stereocenters. The van der Waals surface area contributed by atoms with Crippen molar-refractivity contribution in [2.75, 3.05) is 0 Å². The summed E-state index contributed by atoms with van der Waals surface area (Å²) in [5.74, 6) is 0. The minimum atomic E-state index is 1.44. The average Bonchev–Trinajstić information content (AvgIpc) is 1.37. The quantitative estimate of drug-likeness (QED) is 0.455. The zero-order chi connectivity index (χ0) is 3.41. The van der Waals surface area contributed by atoms with Gasteiger partial charge in [0.1, 0.15) is 0 Å². The van der Waals surface area contributed by atoms with Gasteiger partial charge in [0.25, 0.3) is 0 Å². The van der Waals surface area contributed by atoms with E-state index in [1.54, 1.807) is 13.4 Å². The molecule has 0 heterocycles. The van der Waals surface area contributed by atoms with Gasteiger partial charge in [-0.1, -0.05) is 0 Å². The van der Waals surface area contributed by atoms with E-state index in [2.05, 4.69) is 0 Å². The summed E-state index contributed by atoms with van der Waals surface area (Å²) in [5, 5.41) is 0. The Balaban J connectivity index is 3.11. The Kier molecular flexibility index (Phi) is 5.15. The van der Waals surface area contributed by atoms with Crippen LogP contribution in [-0.2, 0) is 18.0 Å². The first kappa shape index (κ1) is 5.07. The normalized spacial score (nSPS) is 5.25. The van der Waals surface area contributed by atoms with E-state index < -0.39 is 0 Å². The van der Waals surface area contributed by atoms with Gasteiger partial charge < -0.3 is 0 Å². The van der Waals surface area contributed by atoms with Crippen LogP contribution in [0.25, 0.3) is 0 Å². The molecule has 0 unspecified atom stereocenters. The number of rotatable bonds is 0. The molecule has 0 fully saturated rings. The topological polar surface area (TPSA) is 0 Å². The molecular weight excluding hydrogens is 263 g/mol. The zero-order valence-corrected chi connectivity index (χ0v) is 6.28. The summed E-state index contributed by atoms with van der Waals surface area (Å²) in [6, 6.07) is 0. The molecule has 0 N–H and O–H groups in total. The predicted octanol–water partition coefficient (Wildman–Crippen LogP) is 1.18. The molecule has 0 saturated heterocycles. The first-order valence-corrected chi connectivity index (χ1v) is 5.45. The molecule has 4 heavy (non-hydrogen) atoms. The maximum atomic E-state index is 5.04. The van der Waals surface area contributed by atoms with E-state index in [-0.39, 0.29) is 0 Å². The van der Waals surface area contributed by atoms with Gasteiger partial charge in [0, 0.05) is 0 Å².